The number of hydrogen-bond donors (Lipinski definition) is 1. The number of benzene rings is 1. The maximum Gasteiger partial charge on any atom is 0.681 e. The lowest BCUT2D eigenvalue weighted by Gasteiger charge is -2.27. The summed E-state index contributed by atoms with van der Waals surface area (Å²) in [6.07, 6.45) is 0. The van der Waals surface area contributed by atoms with Gasteiger partial charge in [-0.1, -0.05) is 18.2 Å². The van der Waals surface area contributed by atoms with Crippen molar-refractivity contribution in [3.05, 3.63) is 30.3 Å². The van der Waals surface area contributed by atoms with Crippen LogP contribution < -0.4 is 5.32 Å². The van der Waals surface area contributed by atoms with Crippen LogP contribution in [0.25, 0.3) is 0 Å². The minimum absolute atomic E-state index is 0.288. The summed E-state index contributed by atoms with van der Waals surface area (Å²) in [5.74, 6) is 0. The van der Waals surface area contributed by atoms with Crippen molar-refractivity contribution in [2.45, 2.75) is 20.8 Å². The van der Waals surface area contributed by atoms with Gasteiger partial charge in [0.2, 0.25) is 0 Å². The van der Waals surface area contributed by atoms with Crippen LogP contribution in [0, 0.1) is 0 Å². The van der Waals surface area contributed by atoms with Gasteiger partial charge in [0.05, 0.1) is 0 Å². The Hall–Kier alpha value is -0.923. The Balaban J connectivity index is 2.51. The molecule has 0 saturated carbocycles. The first-order valence-corrected chi connectivity index (χ1v) is 8.24. The maximum atomic E-state index is 5.72. The summed E-state index contributed by atoms with van der Waals surface area (Å²) in [6, 6.07) is 9.82. The molecule has 1 aromatic carbocycles. The molecule has 0 aliphatic heterocycles. The van der Waals surface area contributed by atoms with Gasteiger partial charge in [-0.2, -0.15) is 0 Å². The molecule has 0 atom stereocenters. The molecule has 0 spiro atoms. The van der Waals surface area contributed by atoms with Crippen LogP contribution in [0.5, 0.6) is 0 Å². The second kappa shape index (κ2) is 9.06. The molecule has 1 N–H and O–H groups in total. The number of para-hydroxylation sites is 1. The molecule has 1 rings (SSSR count). The van der Waals surface area contributed by atoms with E-state index in [1.165, 1.54) is 0 Å². The molecule has 0 saturated heterocycles. The molecule has 6 heteroatoms. The van der Waals surface area contributed by atoms with Gasteiger partial charge in [0.15, 0.2) is 0 Å². The van der Waals surface area contributed by atoms with Crippen molar-refractivity contribution in [1.82, 2.24) is 0 Å². The first-order valence-electron chi connectivity index (χ1n) is 6.61. The summed E-state index contributed by atoms with van der Waals surface area (Å²) in [5.41, 5.74) is 0.981. The highest BCUT2D eigenvalue weighted by molar-refractivity contribution is 6.53. The van der Waals surface area contributed by atoms with Crippen molar-refractivity contribution in [1.29, 1.82) is 0 Å². The average Bonchev–Trinajstić information content (AvgIpc) is 2.41. The van der Waals surface area contributed by atoms with E-state index in [0.29, 0.717) is 19.8 Å². The third-order valence-electron chi connectivity index (χ3n) is 2.26. The van der Waals surface area contributed by atoms with Crippen molar-refractivity contribution >= 4 is 14.7 Å². The molecule has 0 fully saturated rings. The second-order valence-corrected chi connectivity index (χ2v) is 5.79. The van der Waals surface area contributed by atoms with E-state index in [4.69, 9.17) is 17.7 Å². The minimum Gasteiger partial charge on any atom is -0.363 e. The van der Waals surface area contributed by atoms with Crippen molar-refractivity contribution in [3.63, 3.8) is 0 Å². The quantitative estimate of drug-likeness (QED) is 0.529. The molecule has 0 aliphatic carbocycles. The lowest BCUT2D eigenvalue weighted by molar-refractivity contribution is -0.0236. The van der Waals surface area contributed by atoms with E-state index in [9.17, 15) is 0 Å². The minimum atomic E-state index is -3.01. The molecule has 5 nitrogen and oxygen atoms in total. The zero-order chi connectivity index (χ0) is 14.0. The van der Waals surface area contributed by atoms with Gasteiger partial charge in [-0.05, 0) is 32.9 Å². The van der Waals surface area contributed by atoms with Crippen LogP contribution in [-0.2, 0) is 17.7 Å². The van der Waals surface area contributed by atoms with E-state index in [1.807, 2.05) is 51.1 Å². The van der Waals surface area contributed by atoms with Crippen LogP contribution in [0.15, 0.2) is 30.3 Å². The Morgan fingerprint density at radius 2 is 1.37 bits per heavy atom. The SMILES string of the molecule is CCO[Si](OCC)(OCC)OCNc1ccccc1. The van der Waals surface area contributed by atoms with Gasteiger partial charge in [-0.3, -0.25) is 0 Å². The Kier molecular flexibility index (Phi) is 7.69. The summed E-state index contributed by atoms with van der Waals surface area (Å²) in [5, 5.41) is 3.15. The van der Waals surface area contributed by atoms with Crippen LogP contribution in [0.4, 0.5) is 5.69 Å². The highest BCUT2D eigenvalue weighted by Gasteiger charge is 2.44. The van der Waals surface area contributed by atoms with Gasteiger partial charge >= 0.3 is 9.05 Å². The zero-order valence-electron chi connectivity index (χ0n) is 11.8. The lowest BCUT2D eigenvalue weighted by atomic mass is 10.3. The highest BCUT2D eigenvalue weighted by atomic mass is 28.4. The molecule has 0 heterocycles. The van der Waals surface area contributed by atoms with E-state index in [0.717, 1.165) is 5.69 Å². The Labute approximate surface area is 116 Å². The van der Waals surface area contributed by atoms with Gasteiger partial charge in [0, 0.05) is 25.5 Å². The highest BCUT2D eigenvalue weighted by Crippen LogP contribution is 2.13. The van der Waals surface area contributed by atoms with Gasteiger partial charge < -0.3 is 23.0 Å². The topological polar surface area (TPSA) is 49.0 Å². The fraction of sp³-hybridized carbons (Fsp3) is 0.538. The fourth-order valence-electron chi connectivity index (χ4n) is 1.54. The molecule has 0 unspecified atom stereocenters. The van der Waals surface area contributed by atoms with Crippen LogP contribution in [-0.4, -0.2) is 35.6 Å². The molecule has 108 valence electrons. The normalized spacial score (nSPS) is 11.5. The summed E-state index contributed by atoms with van der Waals surface area (Å²) in [4.78, 5) is 0. The number of nitrogens with one attached hydrogen (secondary N) is 1. The molecule has 0 aliphatic rings. The predicted molar refractivity (Wildman–Crippen MR) is 76.6 cm³/mol. The molecule has 0 bridgehead atoms. The molecule has 0 amide bonds. The first kappa shape index (κ1) is 16.1. The molecular weight excluding hydrogens is 262 g/mol. The summed E-state index contributed by atoms with van der Waals surface area (Å²) in [7, 11) is -3.01. The van der Waals surface area contributed by atoms with Gasteiger partial charge in [0.1, 0.15) is 6.73 Å². The van der Waals surface area contributed by atoms with Crippen molar-refractivity contribution < 1.29 is 17.7 Å². The standard InChI is InChI=1S/C13H23NO4Si/c1-4-15-19(16-5-2,17-6-3)18-12-14-13-10-8-7-9-11-13/h7-11,14H,4-6,12H2,1-3H3. The predicted octanol–water partition coefficient (Wildman–Crippen LogP) is 2.62. The monoisotopic (exact) mass is 285 g/mol. The average molecular weight is 285 g/mol. The Morgan fingerprint density at radius 3 is 1.84 bits per heavy atom. The summed E-state index contributed by atoms with van der Waals surface area (Å²) >= 11 is 0. The van der Waals surface area contributed by atoms with Crippen LogP contribution in [0.3, 0.4) is 0 Å². The van der Waals surface area contributed by atoms with Crippen LogP contribution in [0.1, 0.15) is 20.8 Å². The van der Waals surface area contributed by atoms with Crippen molar-refractivity contribution in [3.8, 4) is 0 Å². The number of anilines is 1. The molecule has 1 aromatic rings. The molecule has 19 heavy (non-hydrogen) atoms. The third kappa shape index (κ3) is 5.71. The molecular formula is C13H23NO4Si. The van der Waals surface area contributed by atoms with E-state index in [-0.39, 0.29) is 6.73 Å². The van der Waals surface area contributed by atoms with Crippen molar-refractivity contribution in [2.24, 2.45) is 0 Å². The first-order chi connectivity index (χ1) is 9.26. The van der Waals surface area contributed by atoms with Crippen LogP contribution >= 0.6 is 0 Å². The van der Waals surface area contributed by atoms with E-state index in [1.54, 1.807) is 0 Å². The Bertz CT molecular complexity index is 320. The van der Waals surface area contributed by atoms with Crippen molar-refractivity contribution in [2.75, 3.05) is 31.9 Å². The Morgan fingerprint density at radius 1 is 0.842 bits per heavy atom. The number of rotatable bonds is 10. The van der Waals surface area contributed by atoms with E-state index in [2.05, 4.69) is 5.32 Å². The number of hydrogen-bond acceptors (Lipinski definition) is 5. The van der Waals surface area contributed by atoms with Crippen LogP contribution in [0.2, 0.25) is 0 Å². The van der Waals surface area contributed by atoms with Gasteiger partial charge in [0.25, 0.3) is 0 Å². The third-order valence-corrected chi connectivity index (χ3v) is 4.69. The van der Waals surface area contributed by atoms with Gasteiger partial charge in [-0.25, -0.2) is 0 Å². The summed E-state index contributed by atoms with van der Waals surface area (Å²) < 4.78 is 22.5. The van der Waals surface area contributed by atoms with E-state index >= 15 is 0 Å². The lowest BCUT2D eigenvalue weighted by Crippen LogP contribution is -2.50. The summed E-state index contributed by atoms with van der Waals surface area (Å²) in [6.45, 7) is 7.47. The maximum absolute atomic E-state index is 5.72. The van der Waals surface area contributed by atoms with Gasteiger partial charge in [-0.15, -0.1) is 0 Å². The fourth-order valence-corrected chi connectivity index (χ4v) is 3.35. The second-order valence-electron chi connectivity index (χ2n) is 3.63. The largest absolute Gasteiger partial charge is 0.681 e. The molecule has 0 aromatic heterocycles. The molecule has 0 radical (unpaired) electrons. The zero-order valence-corrected chi connectivity index (χ0v) is 12.8. The van der Waals surface area contributed by atoms with E-state index < -0.39 is 9.05 Å². The smallest absolute Gasteiger partial charge is 0.363 e.